The molecule has 1 saturated heterocycles. The van der Waals surface area contributed by atoms with Gasteiger partial charge in [0, 0.05) is 39.1 Å². The number of amides is 1. The number of carbonyl (C=O) groups excluding carboxylic acids is 2. The Bertz CT molecular complexity index is 582. The van der Waals surface area contributed by atoms with E-state index in [1.165, 1.54) is 0 Å². The fourth-order valence-electron chi connectivity index (χ4n) is 2.91. The van der Waals surface area contributed by atoms with E-state index in [0.29, 0.717) is 13.0 Å². The first-order valence-electron chi connectivity index (χ1n) is 7.68. The Balaban J connectivity index is 1.95. The molecular formula is C16H21N3O3. The molecule has 1 amide bonds. The van der Waals surface area contributed by atoms with Crippen molar-refractivity contribution >= 4 is 23.1 Å². The van der Waals surface area contributed by atoms with Crippen LogP contribution in [0.2, 0.25) is 0 Å². The second-order valence-corrected chi connectivity index (χ2v) is 5.65. The predicted octanol–water partition coefficient (Wildman–Crippen LogP) is 0.801. The number of para-hydroxylation sites is 1. The van der Waals surface area contributed by atoms with Gasteiger partial charge in [0.2, 0.25) is 0 Å². The lowest BCUT2D eigenvalue weighted by Gasteiger charge is -2.36. The minimum absolute atomic E-state index is 0.0376. The molecule has 6 heteroatoms. The number of nitrogens with one attached hydrogen (secondary N) is 1. The van der Waals surface area contributed by atoms with Gasteiger partial charge >= 0.3 is 0 Å². The number of piperazine rings is 1. The van der Waals surface area contributed by atoms with Gasteiger partial charge in [-0.2, -0.15) is 0 Å². The van der Waals surface area contributed by atoms with E-state index < -0.39 is 0 Å². The second-order valence-electron chi connectivity index (χ2n) is 5.65. The zero-order valence-corrected chi connectivity index (χ0v) is 12.8. The van der Waals surface area contributed by atoms with Gasteiger partial charge in [0.15, 0.2) is 6.61 Å². The lowest BCUT2D eigenvalue weighted by molar-refractivity contribution is -0.121. The van der Waals surface area contributed by atoms with Gasteiger partial charge in [-0.1, -0.05) is 6.07 Å². The van der Waals surface area contributed by atoms with Crippen molar-refractivity contribution in [3.63, 3.8) is 0 Å². The average molecular weight is 303 g/mol. The van der Waals surface area contributed by atoms with E-state index in [4.69, 9.17) is 4.74 Å². The smallest absolute Gasteiger partial charge is 0.265 e. The van der Waals surface area contributed by atoms with Crippen molar-refractivity contribution in [3.05, 3.63) is 18.2 Å². The molecule has 0 radical (unpaired) electrons. The number of ketones is 1. The molecule has 3 rings (SSSR count). The van der Waals surface area contributed by atoms with E-state index in [1.807, 2.05) is 18.2 Å². The van der Waals surface area contributed by atoms with Crippen LogP contribution in [-0.4, -0.2) is 51.0 Å². The molecule has 0 atom stereocenters. The first-order valence-corrected chi connectivity index (χ1v) is 7.68. The Labute approximate surface area is 130 Å². The maximum absolute atomic E-state index is 12.3. The largest absolute Gasteiger partial charge is 0.481 e. The zero-order valence-electron chi connectivity index (χ0n) is 12.8. The third-order valence-electron chi connectivity index (χ3n) is 4.04. The number of Topliss-reactive ketones (excluding diaryl/α,β-unsaturated/α-hetero) is 1. The Hall–Kier alpha value is -2.08. The van der Waals surface area contributed by atoms with Crippen LogP contribution in [0.15, 0.2) is 18.2 Å². The molecule has 1 aromatic carbocycles. The molecule has 22 heavy (non-hydrogen) atoms. The quantitative estimate of drug-likeness (QED) is 0.891. The van der Waals surface area contributed by atoms with E-state index in [0.717, 1.165) is 43.3 Å². The number of nitrogens with zero attached hydrogens (tertiary/aromatic N) is 2. The summed E-state index contributed by atoms with van der Waals surface area (Å²) in [4.78, 5) is 27.5. The monoisotopic (exact) mass is 303 g/mol. The molecule has 1 aromatic rings. The zero-order chi connectivity index (χ0) is 15.5. The average Bonchev–Trinajstić information content (AvgIpc) is 2.54. The molecule has 2 aliphatic heterocycles. The van der Waals surface area contributed by atoms with Gasteiger partial charge in [-0.25, -0.2) is 0 Å². The lowest BCUT2D eigenvalue weighted by atomic mass is 10.1. The fraction of sp³-hybridized carbons (Fsp3) is 0.500. The molecule has 118 valence electrons. The summed E-state index contributed by atoms with van der Waals surface area (Å²) in [6.45, 7) is 5.63. The van der Waals surface area contributed by atoms with Crippen molar-refractivity contribution in [2.45, 2.75) is 13.3 Å². The highest BCUT2D eigenvalue weighted by Crippen LogP contribution is 2.40. The van der Waals surface area contributed by atoms with Crippen molar-refractivity contribution in [2.75, 3.05) is 49.1 Å². The van der Waals surface area contributed by atoms with Crippen LogP contribution in [0.5, 0.6) is 5.75 Å². The van der Waals surface area contributed by atoms with Gasteiger partial charge in [-0.3, -0.25) is 9.59 Å². The van der Waals surface area contributed by atoms with Crippen LogP contribution < -0.4 is 19.9 Å². The van der Waals surface area contributed by atoms with Gasteiger partial charge in [0.05, 0.1) is 5.69 Å². The third-order valence-corrected chi connectivity index (χ3v) is 4.04. The number of rotatable bonds is 4. The first-order chi connectivity index (χ1) is 10.7. The van der Waals surface area contributed by atoms with Gasteiger partial charge < -0.3 is 19.9 Å². The molecule has 0 aromatic heterocycles. The topological polar surface area (TPSA) is 61.9 Å². The SMILES string of the molecule is CC(=O)CCN1C(=O)COc2cccc(N3CCNCC3)c21. The molecule has 0 unspecified atom stereocenters. The number of ether oxygens (including phenoxy) is 1. The van der Waals surface area contributed by atoms with Crippen molar-refractivity contribution in [1.82, 2.24) is 5.32 Å². The summed E-state index contributed by atoms with van der Waals surface area (Å²) in [6.07, 6.45) is 0.362. The highest BCUT2D eigenvalue weighted by atomic mass is 16.5. The van der Waals surface area contributed by atoms with Crippen molar-refractivity contribution < 1.29 is 14.3 Å². The van der Waals surface area contributed by atoms with Crippen LogP contribution in [0.4, 0.5) is 11.4 Å². The van der Waals surface area contributed by atoms with Crippen LogP contribution in [0, 0.1) is 0 Å². The van der Waals surface area contributed by atoms with Crippen LogP contribution in [-0.2, 0) is 9.59 Å². The van der Waals surface area contributed by atoms with Crippen LogP contribution in [0.25, 0.3) is 0 Å². The molecule has 1 N–H and O–H groups in total. The van der Waals surface area contributed by atoms with E-state index in [9.17, 15) is 9.59 Å². The maximum Gasteiger partial charge on any atom is 0.265 e. The van der Waals surface area contributed by atoms with Gasteiger partial charge in [0.1, 0.15) is 17.2 Å². The second kappa shape index (κ2) is 6.36. The van der Waals surface area contributed by atoms with Gasteiger partial charge in [-0.05, 0) is 19.1 Å². The molecule has 2 aliphatic rings. The molecular weight excluding hydrogens is 282 g/mol. The number of hydrogen-bond donors (Lipinski definition) is 1. The maximum atomic E-state index is 12.3. The van der Waals surface area contributed by atoms with E-state index in [2.05, 4.69) is 10.2 Å². The normalized spacial score (nSPS) is 18.0. The summed E-state index contributed by atoms with van der Waals surface area (Å²) in [5.74, 6) is 0.719. The van der Waals surface area contributed by atoms with Crippen molar-refractivity contribution in [1.29, 1.82) is 0 Å². The third kappa shape index (κ3) is 2.92. The van der Waals surface area contributed by atoms with E-state index in [-0.39, 0.29) is 18.3 Å². The number of carbonyl (C=O) groups is 2. The van der Waals surface area contributed by atoms with Crippen molar-refractivity contribution in [2.24, 2.45) is 0 Å². The molecule has 2 heterocycles. The molecule has 1 fully saturated rings. The Morgan fingerprint density at radius 2 is 2.09 bits per heavy atom. The minimum Gasteiger partial charge on any atom is -0.481 e. The molecule has 0 spiro atoms. The Morgan fingerprint density at radius 3 is 2.82 bits per heavy atom. The summed E-state index contributed by atoms with van der Waals surface area (Å²) in [5, 5.41) is 3.33. The summed E-state index contributed by atoms with van der Waals surface area (Å²) >= 11 is 0. The number of fused-ring (bicyclic) bond motifs is 1. The summed E-state index contributed by atoms with van der Waals surface area (Å²) in [7, 11) is 0. The lowest BCUT2D eigenvalue weighted by Crippen LogP contribution is -2.46. The molecule has 6 nitrogen and oxygen atoms in total. The number of hydrogen-bond acceptors (Lipinski definition) is 5. The molecule has 0 bridgehead atoms. The Kier molecular flexibility index (Phi) is 4.29. The van der Waals surface area contributed by atoms with E-state index in [1.54, 1.807) is 11.8 Å². The Morgan fingerprint density at radius 1 is 1.32 bits per heavy atom. The van der Waals surface area contributed by atoms with Crippen LogP contribution in [0.1, 0.15) is 13.3 Å². The van der Waals surface area contributed by atoms with Crippen LogP contribution in [0.3, 0.4) is 0 Å². The highest BCUT2D eigenvalue weighted by Gasteiger charge is 2.30. The summed E-state index contributed by atoms with van der Waals surface area (Å²) < 4.78 is 5.59. The minimum atomic E-state index is -0.0867. The van der Waals surface area contributed by atoms with Crippen molar-refractivity contribution in [3.8, 4) is 5.75 Å². The standard InChI is InChI=1S/C16H21N3O3/c1-12(20)5-8-19-15(21)11-22-14-4-2-3-13(16(14)19)18-9-6-17-7-10-18/h2-4,17H,5-11H2,1H3. The summed E-state index contributed by atoms with van der Waals surface area (Å²) in [5.41, 5.74) is 1.82. The number of anilines is 2. The first kappa shape index (κ1) is 14.8. The summed E-state index contributed by atoms with van der Waals surface area (Å²) in [6, 6.07) is 5.86. The van der Waals surface area contributed by atoms with E-state index >= 15 is 0 Å². The highest BCUT2D eigenvalue weighted by molar-refractivity contribution is 6.02. The predicted molar refractivity (Wildman–Crippen MR) is 84.7 cm³/mol. The van der Waals surface area contributed by atoms with Gasteiger partial charge in [0.25, 0.3) is 5.91 Å². The van der Waals surface area contributed by atoms with Gasteiger partial charge in [-0.15, -0.1) is 0 Å². The van der Waals surface area contributed by atoms with Crippen LogP contribution >= 0.6 is 0 Å². The molecule has 0 aliphatic carbocycles. The fourth-order valence-corrected chi connectivity index (χ4v) is 2.91. The molecule has 0 saturated carbocycles. The number of benzene rings is 1.